The summed E-state index contributed by atoms with van der Waals surface area (Å²) in [5.41, 5.74) is 2.03. The molecule has 1 N–H and O–H groups in total. The summed E-state index contributed by atoms with van der Waals surface area (Å²) in [4.78, 5) is 16.3. The Hall–Kier alpha value is -2.65. The summed E-state index contributed by atoms with van der Waals surface area (Å²) in [6.45, 7) is 0. The molecule has 2 aromatic rings. The molecule has 24 heavy (non-hydrogen) atoms. The van der Waals surface area contributed by atoms with Gasteiger partial charge in [-0.25, -0.2) is 13.4 Å². The molecule has 0 saturated carbocycles. The minimum atomic E-state index is -3.07. The van der Waals surface area contributed by atoms with Gasteiger partial charge in [0, 0.05) is 17.4 Å². The number of benzene rings is 1. The molecule has 1 fully saturated rings. The van der Waals surface area contributed by atoms with Crippen LogP contribution < -0.4 is 5.32 Å². The number of nitrogens with one attached hydrogen (secondary N) is 1. The van der Waals surface area contributed by atoms with Crippen LogP contribution in [0.15, 0.2) is 48.7 Å². The van der Waals surface area contributed by atoms with Crippen LogP contribution in [-0.4, -0.2) is 30.8 Å². The molecular weight excluding hydrogens is 324 g/mol. The molecule has 1 aliphatic rings. The molecule has 1 amide bonds. The minimum absolute atomic E-state index is 0.0714. The molecule has 5 nitrogen and oxygen atoms in total. The number of nitrogens with zero attached hydrogens (tertiary/aromatic N) is 1. The summed E-state index contributed by atoms with van der Waals surface area (Å²) in [6, 6.07) is 12.7. The van der Waals surface area contributed by atoms with E-state index in [1.807, 2.05) is 24.3 Å². The van der Waals surface area contributed by atoms with Gasteiger partial charge in [0.25, 0.3) is 0 Å². The Morgan fingerprint density at radius 2 is 2.04 bits per heavy atom. The summed E-state index contributed by atoms with van der Waals surface area (Å²) in [6.07, 6.45) is 2.06. The van der Waals surface area contributed by atoms with Crippen LogP contribution in [0, 0.1) is 17.8 Å². The van der Waals surface area contributed by atoms with Crippen molar-refractivity contribution in [3.63, 3.8) is 0 Å². The maximum atomic E-state index is 12.2. The lowest BCUT2D eigenvalue weighted by molar-refractivity contribution is -0.119. The van der Waals surface area contributed by atoms with Crippen molar-refractivity contribution in [1.82, 2.24) is 4.98 Å². The lowest BCUT2D eigenvalue weighted by atomic mass is 10.1. The van der Waals surface area contributed by atoms with Crippen LogP contribution in [0.5, 0.6) is 0 Å². The van der Waals surface area contributed by atoms with Gasteiger partial charge in [-0.1, -0.05) is 18.1 Å². The first kappa shape index (κ1) is 16.2. The van der Waals surface area contributed by atoms with Crippen molar-refractivity contribution >= 4 is 21.4 Å². The maximum Gasteiger partial charge on any atom is 0.228 e. The molecule has 0 bridgehead atoms. The number of hydrogen-bond acceptors (Lipinski definition) is 4. The van der Waals surface area contributed by atoms with Crippen molar-refractivity contribution in [2.75, 3.05) is 16.8 Å². The normalized spacial score (nSPS) is 18.4. The fourth-order valence-electron chi connectivity index (χ4n) is 2.49. The maximum absolute atomic E-state index is 12.2. The van der Waals surface area contributed by atoms with Crippen molar-refractivity contribution in [1.29, 1.82) is 0 Å². The third-order valence-electron chi connectivity index (χ3n) is 3.73. The lowest BCUT2D eigenvalue weighted by Gasteiger charge is -2.09. The highest BCUT2D eigenvalue weighted by molar-refractivity contribution is 7.91. The average Bonchev–Trinajstić information content (AvgIpc) is 2.94. The van der Waals surface area contributed by atoms with Gasteiger partial charge in [0.05, 0.1) is 17.4 Å². The van der Waals surface area contributed by atoms with E-state index in [1.54, 1.807) is 24.4 Å². The van der Waals surface area contributed by atoms with Crippen molar-refractivity contribution in [3.8, 4) is 11.8 Å². The third kappa shape index (κ3) is 4.21. The molecule has 0 spiro atoms. The average molecular weight is 340 g/mol. The lowest BCUT2D eigenvalue weighted by Crippen LogP contribution is -2.23. The molecule has 1 aliphatic heterocycles. The quantitative estimate of drug-likeness (QED) is 0.847. The second-order valence-corrected chi connectivity index (χ2v) is 7.86. The molecule has 0 aliphatic carbocycles. The smallest absolute Gasteiger partial charge is 0.228 e. The van der Waals surface area contributed by atoms with Gasteiger partial charge in [-0.3, -0.25) is 4.79 Å². The molecule has 1 aromatic carbocycles. The molecule has 2 heterocycles. The molecule has 1 atom stereocenters. The van der Waals surface area contributed by atoms with Crippen LogP contribution in [0.3, 0.4) is 0 Å². The van der Waals surface area contributed by atoms with E-state index in [0.717, 1.165) is 5.56 Å². The standard InChI is InChI=1S/C18H16N2O3S/c21-18(15-9-11-24(22,23)13-15)20-17-6-3-4-14(12-17)7-8-16-5-1-2-10-19-16/h1-6,10,12,15H,9,11,13H2,(H,20,21)/t15-/m0/s1. The molecular formula is C18H16N2O3S. The number of pyridine rings is 1. The van der Waals surface area contributed by atoms with Crippen LogP contribution >= 0.6 is 0 Å². The Morgan fingerprint density at radius 3 is 2.75 bits per heavy atom. The van der Waals surface area contributed by atoms with E-state index in [9.17, 15) is 13.2 Å². The molecule has 0 radical (unpaired) electrons. The SMILES string of the molecule is O=C(Nc1cccc(C#Cc2ccccn2)c1)[C@H]1CCS(=O)(=O)C1. The second kappa shape index (κ2) is 6.85. The first-order chi connectivity index (χ1) is 11.5. The Kier molecular flexibility index (Phi) is 4.63. The predicted molar refractivity (Wildman–Crippen MR) is 92.0 cm³/mol. The number of sulfone groups is 1. The highest BCUT2D eigenvalue weighted by atomic mass is 32.2. The number of aromatic nitrogens is 1. The predicted octanol–water partition coefficient (Wildman–Crippen LogP) is 1.85. The molecule has 6 heteroatoms. The minimum Gasteiger partial charge on any atom is -0.326 e. The molecule has 1 saturated heterocycles. The Morgan fingerprint density at radius 1 is 1.17 bits per heavy atom. The summed E-state index contributed by atoms with van der Waals surface area (Å²) in [5, 5.41) is 2.77. The van der Waals surface area contributed by atoms with Crippen molar-refractivity contribution in [3.05, 3.63) is 59.9 Å². The van der Waals surface area contributed by atoms with E-state index >= 15 is 0 Å². The van der Waals surface area contributed by atoms with Gasteiger partial charge in [0.1, 0.15) is 5.69 Å². The van der Waals surface area contributed by atoms with E-state index < -0.39 is 15.8 Å². The zero-order valence-corrected chi connectivity index (χ0v) is 13.7. The van der Waals surface area contributed by atoms with Gasteiger partial charge >= 0.3 is 0 Å². The monoisotopic (exact) mass is 340 g/mol. The Balaban J connectivity index is 1.70. The first-order valence-electron chi connectivity index (χ1n) is 7.56. The van der Waals surface area contributed by atoms with Crippen molar-refractivity contribution in [2.45, 2.75) is 6.42 Å². The van der Waals surface area contributed by atoms with Crippen LogP contribution in [0.1, 0.15) is 17.7 Å². The zero-order chi connectivity index (χ0) is 17.0. The van der Waals surface area contributed by atoms with E-state index in [2.05, 4.69) is 22.1 Å². The van der Waals surface area contributed by atoms with Gasteiger partial charge in [-0.15, -0.1) is 0 Å². The largest absolute Gasteiger partial charge is 0.326 e. The third-order valence-corrected chi connectivity index (χ3v) is 5.50. The Bertz CT molecular complexity index is 912. The number of carbonyl (C=O) groups is 1. The van der Waals surface area contributed by atoms with Gasteiger partial charge in [0.2, 0.25) is 5.91 Å². The van der Waals surface area contributed by atoms with Crippen LogP contribution in [0.25, 0.3) is 0 Å². The summed E-state index contributed by atoms with van der Waals surface area (Å²) < 4.78 is 22.9. The number of rotatable bonds is 2. The van der Waals surface area contributed by atoms with E-state index in [0.29, 0.717) is 17.8 Å². The highest BCUT2D eigenvalue weighted by Crippen LogP contribution is 2.20. The molecule has 1 aromatic heterocycles. The van der Waals surface area contributed by atoms with Crippen LogP contribution in [0.4, 0.5) is 5.69 Å². The van der Waals surface area contributed by atoms with E-state index in [1.165, 1.54) is 0 Å². The number of carbonyl (C=O) groups excluding carboxylic acids is 1. The van der Waals surface area contributed by atoms with Crippen molar-refractivity contribution < 1.29 is 13.2 Å². The first-order valence-corrected chi connectivity index (χ1v) is 9.38. The van der Waals surface area contributed by atoms with Crippen molar-refractivity contribution in [2.24, 2.45) is 5.92 Å². The molecule has 122 valence electrons. The van der Waals surface area contributed by atoms with Gasteiger partial charge in [-0.2, -0.15) is 0 Å². The summed E-state index contributed by atoms with van der Waals surface area (Å²) in [5.74, 6) is 5.23. The fraction of sp³-hybridized carbons (Fsp3) is 0.222. The Labute approximate surface area is 141 Å². The second-order valence-electron chi connectivity index (χ2n) is 5.63. The van der Waals surface area contributed by atoms with Crippen LogP contribution in [0.2, 0.25) is 0 Å². The number of anilines is 1. The van der Waals surface area contributed by atoms with Gasteiger partial charge in [-0.05, 0) is 42.7 Å². The molecule has 3 rings (SSSR count). The number of amides is 1. The van der Waals surface area contributed by atoms with Gasteiger partial charge in [0.15, 0.2) is 9.84 Å². The fourth-order valence-corrected chi connectivity index (χ4v) is 4.24. The highest BCUT2D eigenvalue weighted by Gasteiger charge is 2.32. The number of hydrogen-bond donors (Lipinski definition) is 1. The topological polar surface area (TPSA) is 76.1 Å². The van der Waals surface area contributed by atoms with E-state index in [-0.39, 0.29) is 17.4 Å². The summed E-state index contributed by atoms with van der Waals surface area (Å²) >= 11 is 0. The molecule has 0 unspecified atom stereocenters. The van der Waals surface area contributed by atoms with Gasteiger partial charge < -0.3 is 5.32 Å². The van der Waals surface area contributed by atoms with E-state index in [4.69, 9.17) is 0 Å². The van der Waals surface area contributed by atoms with Crippen LogP contribution in [-0.2, 0) is 14.6 Å². The summed E-state index contributed by atoms with van der Waals surface area (Å²) in [7, 11) is -3.07. The zero-order valence-electron chi connectivity index (χ0n) is 12.9.